The van der Waals surface area contributed by atoms with Crippen molar-refractivity contribution in [1.82, 2.24) is 19.7 Å². The van der Waals surface area contributed by atoms with Crippen LogP contribution in [0, 0.1) is 0 Å². The van der Waals surface area contributed by atoms with Gasteiger partial charge in [0.25, 0.3) is 0 Å². The van der Waals surface area contributed by atoms with E-state index in [1.165, 1.54) is 18.3 Å². The van der Waals surface area contributed by atoms with Crippen LogP contribution in [-0.2, 0) is 18.1 Å². The quantitative estimate of drug-likeness (QED) is 0.191. The Labute approximate surface area is 258 Å². The number of aromatic nitrogens is 3. The molecule has 2 aromatic carbocycles. The van der Waals surface area contributed by atoms with E-state index in [1.807, 2.05) is 64.0 Å². The Morgan fingerprint density at radius 3 is 2.51 bits per heavy atom. The SMILES string of the molecule is CN(C)Cc1ccc(-n2nc(C(C)(C)C)cc2NC(=O)Nc2ccc(Oc3ccnc4c3OC[C@H](O)N4)cc2C(F)(F)F)cc1. The van der Waals surface area contributed by atoms with Crippen molar-refractivity contribution in [1.29, 1.82) is 0 Å². The van der Waals surface area contributed by atoms with E-state index in [2.05, 4.69) is 26.0 Å². The van der Waals surface area contributed by atoms with E-state index in [1.54, 1.807) is 10.7 Å². The molecule has 4 N–H and O–H groups in total. The fourth-order valence-electron chi connectivity index (χ4n) is 4.58. The summed E-state index contributed by atoms with van der Waals surface area (Å²) >= 11 is 0. The van der Waals surface area contributed by atoms with Gasteiger partial charge < -0.3 is 30.1 Å². The molecule has 1 atom stereocenters. The van der Waals surface area contributed by atoms with Crippen LogP contribution < -0.4 is 25.4 Å². The van der Waals surface area contributed by atoms with Crippen molar-refractivity contribution in [3.63, 3.8) is 0 Å². The van der Waals surface area contributed by atoms with Crippen LogP contribution in [0.25, 0.3) is 5.69 Å². The van der Waals surface area contributed by atoms with Crippen molar-refractivity contribution in [2.75, 3.05) is 36.7 Å². The zero-order valence-electron chi connectivity index (χ0n) is 25.4. The minimum Gasteiger partial charge on any atom is -0.482 e. The van der Waals surface area contributed by atoms with Gasteiger partial charge in [-0.2, -0.15) is 18.3 Å². The van der Waals surface area contributed by atoms with Crippen molar-refractivity contribution in [3.8, 4) is 22.9 Å². The van der Waals surface area contributed by atoms with Crippen molar-refractivity contribution in [2.24, 2.45) is 0 Å². The lowest BCUT2D eigenvalue weighted by molar-refractivity contribution is -0.137. The molecular formula is C31H34F3N7O4. The van der Waals surface area contributed by atoms with Crippen LogP contribution in [0.4, 0.5) is 35.3 Å². The van der Waals surface area contributed by atoms with Crippen LogP contribution in [0.5, 0.6) is 17.2 Å². The van der Waals surface area contributed by atoms with E-state index in [0.717, 1.165) is 24.2 Å². The lowest BCUT2D eigenvalue weighted by Gasteiger charge is -2.24. The fraction of sp³-hybridized carbons (Fsp3) is 0.323. The number of anilines is 3. The van der Waals surface area contributed by atoms with Gasteiger partial charge in [0.2, 0.25) is 5.75 Å². The van der Waals surface area contributed by atoms with E-state index in [-0.39, 0.29) is 40.9 Å². The zero-order chi connectivity index (χ0) is 32.5. The number of alkyl halides is 3. The van der Waals surface area contributed by atoms with Gasteiger partial charge in [0.05, 0.1) is 22.6 Å². The Bertz CT molecular complexity index is 1680. The van der Waals surface area contributed by atoms with Crippen molar-refractivity contribution < 1.29 is 32.5 Å². The molecule has 1 aliphatic rings. The molecule has 0 unspecified atom stereocenters. The van der Waals surface area contributed by atoms with Crippen LogP contribution in [0.3, 0.4) is 0 Å². The zero-order valence-corrected chi connectivity index (χ0v) is 25.4. The summed E-state index contributed by atoms with van der Waals surface area (Å²) in [6, 6.07) is 13.0. The molecule has 0 saturated carbocycles. The summed E-state index contributed by atoms with van der Waals surface area (Å²) in [6.45, 7) is 6.55. The molecular weight excluding hydrogens is 591 g/mol. The highest BCUT2D eigenvalue weighted by atomic mass is 19.4. The minimum absolute atomic E-state index is 0.0985. The highest BCUT2D eigenvalue weighted by Crippen LogP contribution is 2.42. The minimum atomic E-state index is -4.82. The van der Waals surface area contributed by atoms with Crippen LogP contribution in [-0.4, -0.2) is 57.7 Å². The first-order valence-electron chi connectivity index (χ1n) is 14.1. The molecule has 2 aromatic heterocycles. The number of halogens is 3. The van der Waals surface area contributed by atoms with Crippen LogP contribution in [0.15, 0.2) is 60.8 Å². The van der Waals surface area contributed by atoms with Gasteiger partial charge >= 0.3 is 12.2 Å². The molecule has 0 radical (unpaired) electrons. The van der Waals surface area contributed by atoms with Gasteiger partial charge in [-0.25, -0.2) is 14.5 Å². The van der Waals surface area contributed by atoms with Gasteiger partial charge in [-0.15, -0.1) is 0 Å². The summed E-state index contributed by atoms with van der Waals surface area (Å²) in [4.78, 5) is 19.2. The van der Waals surface area contributed by atoms with Crippen LogP contribution >= 0.6 is 0 Å². The van der Waals surface area contributed by atoms with E-state index in [9.17, 15) is 23.1 Å². The molecule has 238 valence electrons. The van der Waals surface area contributed by atoms with E-state index in [4.69, 9.17) is 9.47 Å². The number of rotatable bonds is 7. The summed E-state index contributed by atoms with van der Waals surface area (Å²) in [5.41, 5.74) is 0.482. The Morgan fingerprint density at radius 1 is 1.11 bits per heavy atom. The average Bonchev–Trinajstić information content (AvgIpc) is 3.37. The second-order valence-corrected chi connectivity index (χ2v) is 11.8. The number of carbonyl (C=O) groups excluding carboxylic acids is 1. The van der Waals surface area contributed by atoms with E-state index in [0.29, 0.717) is 11.4 Å². The summed E-state index contributed by atoms with van der Waals surface area (Å²) < 4.78 is 55.2. The van der Waals surface area contributed by atoms with Gasteiger partial charge in [-0.1, -0.05) is 32.9 Å². The number of fused-ring (bicyclic) bond motifs is 1. The highest BCUT2D eigenvalue weighted by Gasteiger charge is 2.35. The first-order valence-corrected chi connectivity index (χ1v) is 14.1. The molecule has 0 saturated heterocycles. The molecule has 5 rings (SSSR count). The molecule has 2 amide bonds. The molecule has 4 aromatic rings. The Kier molecular flexibility index (Phi) is 8.63. The standard InChI is InChI=1S/C31H34F3N7O4/c1-30(2,3)24-15-25(41(39-24)19-8-6-18(7-9-19)16-40(4)5)37-29(43)36-22-11-10-20(14-21(22)31(32,33)34)45-23-12-13-35-28-27(23)44-17-26(42)38-28/h6-15,26,42H,16-17H2,1-5H3,(H,35,38)(H2,36,37,43)/t26-/m0/s1. The molecule has 0 bridgehead atoms. The monoisotopic (exact) mass is 625 g/mol. The number of nitrogens with one attached hydrogen (secondary N) is 3. The Hall–Kier alpha value is -4.82. The number of amides is 2. The number of hydrogen-bond acceptors (Lipinski definition) is 8. The predicted octanol–water partition coefficient (Wildman–Crippen LogP) is 6.20. The van der Waals surface area contributed by atoms with Gasteiger partial charge in [-0.3, -0.25) is 5.32 Å². The van der Waals surface area contributed by atoms with Crippen molar-refractivity contribution in [2.45, 2.75) is 45.1 Å². The summed E-state index contributed by atoms with van der Waals surface area (Å²) in [7, 11) is 3.93. The fourth-order valence-corrected chi connectivity index (χ4v) is 4.58. The highest BCUT2D eigenvalue weighted by molar-refractivity contribution is 6.00. The number of urea groups is 1. The lowest BCUT2D eigenvalue weighted by Crippen LogP contribution is -2.31. The number of nitrogens with zero attached hydrogens (tertiary/aromatic N) is 4. The third-order valence-electron chi connectivity index (χ3n) is 6.73. The second-order valence-electron chi connectivity index (χ2n) is 11.8. The van der Waals surface area contributed by atoms with Crippen molar-refractivity contribution in [3.05, 3.63) is 77.6 Å². The maximum absolute atomic E-state index is 14.2. The van der Waals surface area contributed by atoms with Crippen molar-refractivity contribution >= 4 is 23.4 Å². The van der Waals surface area contributed by atoms with E-state index >= 15 is 0 Å². The number of ether oxygens (including phenoxy) is 2. The molecule has 0 fully saturated rings. The Morgan fingerprint density at radius 2 is 1.84 bits per heavy atom. The lowest BCUT2D eigenvalue weighted by atomic mass is 9.92. The normalized spacial score (nSPS) is 14.8. The summed E-state index contributed by atoms with van der Waals surface area (Å²) in [6.07, 6.45) is -4.44. The van der Waals surface area contributed by atoms with Gasteiger partial charge in [0, 0.05) is 30.3 Å². The van der Waals surface area contributed by atoms with Gasteiger partial charge in [0.1, 0.15) is 18.2 Å². The van der Waals surface area contributed by atoms with Crippen LogP contribution in [0.1, 0.15) is 37.6 Å². The Balaban J connectivity index is 1.39. The van der Waals surface area contributed by atoms with Crippen LogP contribution in [0.2, 0.25) is 0 Å². The molecule has 3 heterocycles. The first-order chi connectivity index (χ1) is 21.2. The molecule has 45 heavy (non-hydrogen) atoms. The van der Waals surface area contributed by atoms with Gasteiger partial charge in [0.15, 0.2) is 17.8 Å². The number of hydrogen-bond donors (Lipinski definition) is 4. The second kappa shape index (κ2) is 12.3. The molecule has 1 aliphatic heterocycles. The molecule has 14 heteroatoms. The molecule has 11 nitrogen and oxygen atoms in total. The third kappa shape index (κ3) is 7.46. The maximum atomic E-state index is 14.2. The number of pyridine rings is 1. The molecule has 0 spiro atoms. The van der Waals surface area contributed by atoms with Gasteiger partial charge in [-0.05, 0) is 50.0 Å². The maximum Gasteiger partial charge on any atom is 0.418 e. The summed E-state index contributed by atoms with van der Waals surface area (Å²) in [5.74, 6) is 0.574. The predicted molar refractivity (Wildman–Crippen MR) is 163 cm³/mol. The number of benzene rings is 2. The number of aliphatic hydroxyl groups excluding tert-OH is 1. The third-order valence-corrected chi connectivity index (χ3v) is 6.73. The first kappa shape index (κ1) is 31.6. The number of carbonyl (C=O) groups is 1. The number of aliphatic hydroxyl groups is 1. The smallest absolute Gasteiger partial charge is 0.418 e. The average molecular weight is 626 g/mol. The topological polar surface area (TPSA) is 126 Å². The molecule has 0 aliphatic carbocycles. The largest absolute Gasteiger partial charge is 0.482 e. The summed E-state index contributed by atoms with van der Waals surface area (Å²) in [5, 5.41) is 22.1. The van der Waals surface area contributed by atoms with E-state index < -0.39 is 29.7 Å².